The Bertz CT molecular complexity index is 585. The highest BCUT2D eigenvalue weighted by atomic mass is 16.5. The minimum absolute atomic E-state index is 0.112. The van der Waals surface area contributed by atoms with Crippen LogP contribution in [0.5, 0.6) is 5.75 Å². The average molecular weight is 332 g/mol. The van der Waals surface area contributed by atoms with Crippen LogP contribution in [-0.4, -0.2) is 61.3 Å². The van der Waals surface area contributed by atoms with Gasteiger partial charge in [-0.1, -0.05) is 39.0 Å². The number of rotatable bonds is 5. The monoisotopic (exact) mass is 332 g/mol. The van der Waals surface area contributed by atoms with E-state index in [0.717, 1.165) is 24.4 Å². The molecule has 0 saturated carbocycles. The van der Waals surface area contributed by atoms with Crippen LogP contribution in [0.3, 0.4) is 0 Å². The molecule has 1 amide bonds. The summed E-state index contributed by atoms with van der Waals surface area (Å²) >= 11 is 0. The zero-order valence-corrected chi connectivity index (χ0v) is 15.2. The number of hydrogen-bond donors (Lipinski definition) is 0. The third-order valence-electron chi connectivity index (χ3n) is 4.46. The SMILES string of the molecule is COc1ccccc1CC(=O)N1CCN(CC(=O)C(C)(C)C)CC1. The van der Waals surface area contributed by atoms with Gasteiger partial charge in [-0.05, 0) is 6.07 Å². The van der Waals surface area contributed by atoms with E-state index in [4.69, 9.17) is 4.74 Å². The Morgan fingerprint density at radius 2 is 1.71 bits per heavy atom. The molecular formula is C19H28N2O3. The largest absolute Gasteiger partial charge is 0.496 e. The number of hydrogen-bond acceptors (Lipinski definition) is 4. The molecule has 0 unspecified atom stereocenters. The second-order valence-electron chi connectivity index (χ2n) is 7.32. The molecular weight excluding hydrogens is 304 g/mol. The molecule has 1 heterocycles. The molecule has 0 bridgehead atoms. The summed E-state index contributed by atoms with van der Waals surface area (Å²) in [4.78, 5) is 28.7. The minimum atomic E-state index is -0.309. The van der Waals surface area contributed by atoms with E-state index in [1.54, 1.807) is 7.11 Å². The van der Waals surface area contributed by atoms with Gasteiger partial charge < -0.3 is 9.64 Å². The van der Waals surface area contributed by atoms with Gasteiger partial charge in [0.25, 0.3) is 0 Å². The molecule has 5 nitrogen and oxygen atoms in total. The van der Waals surface area contributed by atoms with Crippen molar-refractivity contribution in [3.63, 3.8) is 0 Å². The Balaban J connectivity index is 1.86. The minimum Gasteiger partial charge on any atom is -0.496 e. The summed E-state index contributed by atoms with van der Waals surface area (Å²) in [5, 5.41) is 0. The van der Waals surface area contributed by atoms with E-state index in [2.05, 4.69) is 4.90 Å². The first-order valence-corrected chi connectivity index (χ1v) is 8.46. The third kappa shape index (κ3) is 4.81. The Hall–Kier alpha value is -1.88. The molecule has 132 valence electrons. The molecule has 0 atom stereocenters. The molecule has 1 aromatic carbocycles. The van der Waals surface area contributed by atoms with E-state index >= 15 is 0 Å². The Morgan fingerprint density at radius 1 is 1.08 bits per heavy atom. The maximum atomic E-state index is 12.5. The van der Waals surface area contributed by atoms with Gasteiger partial charge in [0.2, 0.25) is 5.91 Å². The van der Waals surface area contributed by atoms with E-state index in [0.29, 0.717) is 26.1 Å². The van der Waals surface area contributed by atoms with Crippen LogP contribution < -0.4 is 4.74 Å². The maximum Gasteiger partial charge on any atom is 0.227 e. The summed E-state index contributed by atoms with van der Waals surface area (Å²) < 4.78 is 5.31. The summed E-state index contributed by atoms with van der Waals surface area (Å²) in [6.45, 7) is 9.15. The highest BCUT2D eigenvalue weighted by molar-refractivity contribution is 5.85. The van der Waals surface area contributed by atoms with E-state index in [9.17, 15) is 9.59 Å². The van der Waals surface area contributed by atoms with Crippen molar-refractivity contribution in [2.45, 2.75) is 27.2 Å². The molecule has 5 heteroatoms. The lowest BCUT2D eigenvalue weighted by Gasteiger charge is -2.35. The molecule has 0 aliphatic carbocycles. The Morgan fingerprint density at radius 3 is 2.29 bits per heavy atom. The number of methoxy groups -OCH3 is 1. The van der Waals surface area contributed by atoms with Gasteiger partial charge in [0.15, 0.2) is 5.78 Å². The fraction of sp³-hybridized carbons (Fsp3) is 0.579. The lowest BCUT2D eigenvalue weighted by molar-refractivity contribution is -0.133. The third-order valence-corrected chi connectivity index (χ3v) is 4.46. The summed E-state index contributed by atoms with van der Waals surface area (Å²) in [6, 6.07) is 7.62. The second-order valence-corrected chi connectivity index (χ2v) is 7.32. The standard InChI is InChI=1S/C19H28N2O3/c1-19(2,3)17(22)14-20-9-11-21(12-10-20)18(23)13-15-7-5-6-8-16(15)24-4/h5-8H,9-14H2,1-4H3. The van der Waals surface area contributed by atoms with Crippen molar-refractivity contribution in [3.8, 4) is 5.75 Å². The molecule has 0 radical (unpaired) electrons. The van der Waals surface area contributed by atoms with Gasteiger partial charge in [0, 0.05) is 37.2 Å². The molecule has 1 aromatic rings. The molecule has 1 aliphatic rings. The molecule has 1 aliphatic heterocycles. The van der Waals surface area contributed by atoms with Crippen molar-refractivity contribution in [3.05, 3.63) is 29.8 Å². The van der Waals surface area contributed by atoms with Crippen molar-refractivity contribution >= 4 is 11.7 Å². The van der Waals surface area contributed by atoms with Crippen molar-refractivity contribution < 1.29 is 14.3 Å². The molecule has 0 N–H and O–H groups in total. The number of para-hydroxylation sites is 1. The highest BCUT2D eigenvalue weighted by Gasteiger charge is 2.27. The van der Waals surface area contributed by atoms with Gasteiger partial charge in [0.05, 0.1) is 20.1 Å². The quantitative estimate of drug-likeness (QED) is 0.827. The zero-order chi connectivity index (χ0) is 17.7. The van der Waals surface area contributed by atoms with Crippen molar-refractivity contribution in [1.29, 1.82) is 0 Å². The molecule has 1 fully saturated rings. The number of ether oxygens (including phenoxy) is 1. The topological polar surface area (TPSA) is 49.9 Å². The molecule has 2 rings (SSSR count). The van der Waals surface area contributed by atoms with Crippen LogP contribution in [-0.2, 0) is 16.0 Å². The van der Waals surface area contributed by atoms with Crippen LogP contribution in [0.4, 0.5) is 0 Å². The molecule has 0 spiro atoms. The van der Waals surface area contributed by atoms with Gasteiger partial charge in [-0.15, -0.1) is 0 Å². The lowest BCUT2D eigenvalue weighted by atomic mass is 9.90. The number of ketones is 1. The van der Waals surface area contributed by atoms with Crippen molar-refractivity contribution in [2.24, 2.45) is 5.41 Å². The first kappa shape index (κ1) is 18.5. The van der Waals surface area contributed by atoms with Crippen LogP contribution in [0.1, 0.15) is 26.3 Å². The van der Waals surface area contributed by atoms with E-state index in [-0.39, 0.29) is 17.1 Å². The number of nitrogens with zero attached hydrogens (tertiary/aromatic N) is 2. The fourth-order valence-electron chi connectivity index (χ4n) is 2.72. The number of benzene rings is 1. The van der Waals surface area contributed by atoms with Crippen LogP contribution in [0, 0.1) is 5.41 Å². The predicted molar refractivity (Wildman–Crippen MR) is 94.2 cm³/mol. The smallest absolute Gasteiger partial charge is 0.227 e. The second kappa shape index (κ2) is 7.79. The number of carbonyl (C=O) groups excluding carboxylic acids is 2. The Kier molecular flexibility index (Phi) is 5.99. The number of amides is 1. The fourth-order valence-corrected chi connectivity index (χ4v) is 2.72. The Labute approximate surface area is 144 Å². The van der Waals surface area contributed by atoms with Crippen LogP contribution >= 0.6 is 0 Å². The van der Waals surface area contributed by atoms with Crippen LogP contribution in [0.25, 0.3) is 0 Å². The van der Waals surface area contributed by atoms with Crippen molar-refractivity contribution in [1.82, 2.24) is 9.80 Å². The average Bonchev–Trinajstić information content (AvgIpc) is 2.55. The molecule has 0 aromatic heterocycles. The van der Waals surface area contributed by atoms with Gasteiger partial charge in [-0.2, -0.15) is 0 Å². The summed E-state index contributed by atoms with van der Waals surface area (Å²) in [7, 11) is 1.62. The first-order chi connectivity index (χ1) is 11.3. The maximum absolute atomic E-state index is 12.5. The van der Waals surface area contributed by atoms with Gasteiger partial charge in [0.1, 0.15) is 5.75 Å². The van der Waals surface area contributed by atoms with Gasteiger partial charge in [-0.25, -0.2) is 0 Å². The summed E-state index contributed by atoms with van der Waals surface area (Å²) in [5.41, 5.74) is 0.604. The zero-order valence-electron chi connectivity index (χ0n) is 15.2. The normalized spacial score (nSPS) is 16.1. The molecule has 24 heavy (non-hydrogen) atoms. The highest BCUT2D eigenvalue weighted by Crippen LogP contribution is 2.19. The predicted octanol–water partition coefficient (Wildman–Crippen LogP) is 2.00. The van der Waals surface area contributed by atoms with E-state index < -0.39 is 0 Å². The van der Waals surface area contributed by atoms with Gasteiger partial charge in [-0.3, -0.25) is 14.5 Å². The lowest BCUT2D eigenvalue weighted by Crippen LogP contribution is -2.51. The van der Waals surface area contributed by atoms with Crippen LogP contribution in [0.15, 0.2) is 24.3 Å². The summed E-state index contributed by atoms with van der Waals surface area (Å²) in [6.07, 6.45) is 0.352. The van der Waals surface area contributed by atoms with E-state index in [1.165, 1.54) is 0 Å². The van der Waals surface area contributed by atoms with Gasteiger partial charge >= 0.3 is 0 Å². The molecule has 1 saturated heterocycles. The number of Topliss-reactive ketones (excluding diaryl/α,β-unsaturated/α-hetero) is 1. The summed E-state index contributed by atoms with van der Waals surface area (Å²) in [5.74, 6) is 1.11. The van der Waals surface area contributed by atoms with Crippen LogP contribution in [0.2, 0.25) is 0 Å². The van der Waals surface area contributed by atoms with Crippen molar-refractivity contribution in [2.75, 3.05) is 39.8 Å². The first-order valence-electron chi connectivity index (χ1n) is 8.46. The number of carbonyl (C=O) groups is 2. The number of piperazine rings is 1. The van der Waals surface area contributed by atoms with E-state index in [1.807, 2.05) is 49.9 Å².